The van der Waals surface area contributed by atoms with E-state index in [1.807, 2.05) is 66.7 Å². The van der Waals surface area contributed by atoms with Crippen molar-refractivity contribution in [3.8, 4) is 11.3 Å². The van der Waals surface area contributed by atoms with Crippen molar-refractivity contribution in [3.05, 3.63) is 83.6 Å². The molecule has 0 radical (unpaired) electrons. The molecular formula is C23H23N3O3. The van der Waals surface area contributed by atoms with Crippen molar-refractivity contribution < 1.29 is 14.6 Å². The number of nitrogens with zero attached hydrogens (tertiary/aromatic N) is 3. The molecule has 0 fully saturated rings. The van der Waals surface area contributed by atoms with Gasteiger partial charge in [0.25, 0.3) is 0 Å². The van der Waals surface area contributed by atoms with Gasteiger partial charge in [0, 0.05) is 17.8 Å². The lowest BCUT2D eigenvalue weighted by Gasteiger charge is -2.05. The van der Waals surface area contributed by atoms with E-state index in [1.54, 1.807) is 11.6 Å². The molecule has 2 aromatic carbocycles. The highest BCUT2D eigenvalue weighted by molar-refractivity contribution is 6.10. The van der Waals surface area contributed by atoms with Crippen molar-refractivity contribution in [2.24, 2.45) is 4.99 Å². The minimum atomic E-state index is -0.617. The van der Waals surface area contributed by atoms with Gasteiger partial charge in [0.15, 0.2) is 5.82 Å². The van der Waals surface area contributed by atoms with Crippen LogP contribution in [0.5, 0.6) is 0 Å². The molecule has 0 bridgehead atoms. The monoisotopic (exact) mass is 389 g/mol. The maximum Gasteiger partial charge on any atom is 0.343 e. The second-order valence-corrected chi connectivity index (χ2v) is 6.37. The predicted octanol–water partition coefficient (Wildman–Crippen LogP) is 4.70. The molecule has 29 heavy (non-hydrogen) atoms. The van der Waals surface area contributed by atoms with Crippen LogP contribution in [0.1, 0.15) is 19.4 Å². The van der Waals surface area contributed by atoms with E-state index in [1.165, 1.54) is 13.1 Å². The van der Waals surface area contributed by atoms with Gasteiger partial charge in [-0.25, -0.2) is 14.5 Å². The largest absolute Gasteiger partial charge is 0.512 e. The summed E-state index contributed by atoms with van der Waals surface area (Å²) in [5.41, 5.74) is 2.83. The molecule has 1 aromatic heterocycles. The third-order valence-electron chi connectivity index (χ3n) is 4.21. The van der Waals surface area contributed by atoms with Crippen LogP contribution in [0, 0.1) is 0 Å². The zero-order chi connectivity index (χ0) is 20.6. The third-order valence-corrected chi connectivity index (χ3v) is 4.21. The summed E-state index contributed by atoms with van der Waals surface area (Å²) in [6.07, 6.45) is 1.32. The molecule has 1 heterocycles. The van der Waals surface area contributed by atoms with Gasteiger partial charge in [-0.1, -0.05) is 60.7 Å². The first-order valence-electron chi connectivity index (χ1n) is 9.36. The Morgan fingerprint density at radius 3 is 2.41 bits per heavy atom. The summed E-state index contributed by atoms with van der Waals surface area (Å²) < 4.78 is 6.75. The fourth-order valence-corrected chi connectivity index (χ4v) is 2.77. The van der Waals surface area contributed by atoms with Crippen LogP contribution < -0.4 is 0 Å². The average Bonchev–Trinajstić information content (AvgIpc) is 3.12. The quantitative estimate of drug-likeness (QED) is 0.275. The number of rotatable bonds is 7. The zero-order valence-corrected chi connectivity index (χ0v) is 16.4. The molecule has 3 rings (SSSR count). The van der Waals surface area contributed by atoms with Crippen LogP contribution in [-0.2, 0) is 16.1 Å². The molecule has 0 aliphatic carbocycles. The smallest absolute Gasteiger partial charge is 0.343 e. The molecule has 0 spiro atoms. The summed E-state index contributed by atoms with van der Waals surface area (Å²) in [6, 6.07) is 21.6. The van der Waals surface area contributed by atoms with Gasteiger partial charge in [0.05, 0.1) is 18.8 Å². The number of aliphatic hydroxyl groups excluding tert-OH is 1. The molecule has 0 aliphatic heterocycles. The summed E-state index contributed by atoms with van der Waals surface area (Å²) in [5.74, 6) is -0.200. The van der Waals surface area contributed by atoms with E-state index in [9.17, 15) is 9.90 Å². The Bertz CT molecular complexity index is 1020. The van der Waals surface area contributed by atoms with E-state index in [0.29, 0.717) is 12.4 Å². The van der Waals surface area contributed by atoms with Crippen LogP contribution in [0.25, 0.3) is 11.3 Å². The molecule has 0 amide bonds. The Labute approximate surface area is 169 Å². The van der Waals surface area contributed by atoms with E-state index in [-0.39, 0.29) is 17.9 Å². The van der Waals surface area contributed by atoms with Gasteiger partial charge < -0.3 is 9.84 Å². The van der Waals surface area contributed by atoms with Crippen molar-refractivity contribution in [2.45, 2.75) is 20.4 Å². The molecule has 0 atom stereocenters. The standard InChI is InChI=1S/C23H23N3O3/c1-3-29-23(28)20(17(2)27)15-24-22-14-21(19-12-8-5-9-13-19)25-26(22)16-18-10-6-4-7-11-18/h4-15,27H,3,16H2,1-2H3/b20-17+,24-15+. The number of esters is 1. The maximum absolute atomic E-state index is 12.1. The lowest BCUT2D eigenvalue weighted by atomic mass is 10.2. The van der Waals surface area contributed by atoms with Gasteiger partial charge in [-0.2, -0.15) is 5.10 Å². The molecule has 1 N–H and O–H groups in total. The van der Waals surface area contributed by atoms with Gasteiger partial charge in [-0.3, -0.25) is 0 Å². The first-order chi connectivity index (χ1) is 14.1. The molecule has 3 aromatic rings. The van der Waals surface area contributed by atoms with Gasteiger partial charge in [0.2, 0.25) is 0 Å². The van der Waals surface area contributed by atoms with E-state index in [0.717, 1.165) is 16.8 Å². The number of aliphatic hydroxyl groups is 1. The number of benzene rings is 2. The lowest BCUT2D eigenvalue weighted by Crippen LogP contribution is -2.11. The number of aromatic nitrogens is 2. The average molecular weight is 389 g/mol. The summed E-state index contributed by atoms with van der Waals surface area (Å²) in [5, 5.41) is 14.5. The molecule has 148 valence electrons. The topological polar surface area (TPSA) is 76.7 Å². The Kier molecular flexibility index (Phi) is 6.58. The van der Waals surface area contributed by atoms with Gasteiger partial charge in [0.1, 0.15) is 11.3 Å². The highest BCUT2D eigenvalue weighted by atomic mass is 16.5. The van der Waals surface area contributed by atoms with Crippen LogP contribution in [0.15, 0.2) is 83.1 Å². The van der Waals surface area contributed by atoms with E-state index < -0.39 is 5.97 Å². The number of hydrogen-bond donors (Lipinski definition) is 1. The Hall–Kier alpha value is -3.67. The molecule has 6 nitrogen and oxygen atoms in total. The maximum atomic E-state index is 12.1. The minimum Gasteiger partial charge on any atom is -0.512 e. The third kappa shape index (κ3) is 5.19. The van der Waals surface area contributed by atoms with Gasteiger partial charge in [-0.15, -0.1) is 0 Å². The highest BCUT2D eigenvalue weighted by Gasteiger charge is 2.14. The van der Waals surface area contributed by atoms with E-state index in [4.69, 9.17) is 4.74 Å². The first kappa shape index (κ1) is 20.1. The normalized spacial score (nSPS) is 12.1. The Morgan fingerprint density at radius 1 is 1.14 bits per heavy atom. The zero-order valence-electron chi connectivity index (χ0n) is 16.4. The van der Waals surface area contributed by atoms with Crippen LogP contribution in [0.4, 0.5) is 5.82 Å². The summed E-state index contributed by atoms with van der Waals surface area (Å²) >= 11 is 0. The van der Waals surface area contributed by atoms with Crippen molar-refractivity contribution in [2.75, 3.05) is 6.61 Å². The summed E-state index contributed by atoms with van der Waals surface area (Å²) in [4.78, 5) is 16.5. The Morgan fingerprint density at radius 2 is 1.79 bits per heavy atom. The van der Waals surface area contributed by atoms with Gasteiger partial charge >= 0.3 is 5.97 Å². The van der Waals surface area contributed by atoms with Gasteiger partial charge in [-0.05, 0) is 19.4 Å². The van der Waals surface area contributed by atoms with Crippen molar-refractivity contribution in [1.82, 2.24) is 9.78 Å². The number of carbonyl (C=O) groups is 1. The van der Waals surface area contributed by atoms with Crippen LogP contribution in [0.2, 0.25) is 0 Å². The van der Waals surface area contributed by atoms with Crippen LogP contribution in [-0.4, -0.2) is 33.7 Å². The summed E-state index contributed by atoms with van der Waals surface area (Å²) in [7, 11) is 0. The second kappa shape index (κ2) is 9.50. The molecule has 6 heteroatoms. The van der Waals surface area contributed by atoms with Crippen molar-refractivity contribution in [3.63, 3.8) is 0 Å². The fourth-order valence-electron chi connectivity index (χ4n) is 2.77. The summed E-state index contributed by atoms with van der Waals surface area (Å²) in [6.45, 7) is 3.87. The number of allylic oxidation sites excluding steroid dienone is 1. The minimum absolute atomic E-state index is 0.0144. The Balaban J connectivity index is 1.98. The lowest BCUT2D eigenvalue weighted by molar-refractivity contribution is -0.138. The molecule has 0 unspecified atom stereocenters. The molecule has 0 saturated heterocycles. The SMILES string of the molecule is CCOC(=O)C(/C=N/c1cc(-c2ccccc2)nn1Cc1ccccc1)=C(\C)O. The van der Waals surface area contributed by atoms with E-state index >= 15 is 0 Å². The fraction of sp³-hybridized carbons (Fsp3) is 0.174. The first-order valence-corrected chi connectivity index (χ1v) is 9.36. The number of aliphatic imine (C=N–C) groups is 1. The molecule has 0 saturated carbocycles. The molecule has 0 aliphatic rings. The van der Waals surface area contributed by atoms with Crippen molar-refractivity contribution in [1.29, 1.82) is 0 Å². The second-order valence-electron chi connectivity index (χ2n) is 6.37. The molecular weight excluding hydrogens is 366 g/mol. The van der Waals surface area contributed by atoms with Crippen LogP contribution >= 0.6 is 0 Å². The van der Waals surface area contributed by atoms with E-state index in [2.05, 4.69) is 10.1 Å². The number of carbonyl (C=O) groups excluding carboxylic acids is 1. The van der Waals surface area contributed by atoms with Crippen LogP contribution in [0.3, 0.4) is 0 Å². The predicted molar refractivity (Wildman–Crippen MR) is 113 cm³/mol. The van der Waals surface area contributed by atoms with Crippen molar-refractivity contribution >= 4 is 18.0 Å². The number of hydrogen-bond acceptors (Lipinski definition) is 5. The number of ether oxygens (including phenoxy) is 1. The highest BCUT2D eigenvalue weighted by Crippen LogP contribution is 2.24.